The van der Waals surface area contributed by atoms with Crippen molar-refractivity contribution in [3.8, 4) is 11.3 Å². The fraction of sp³-hybridized carbons (Fsp3) is 0.476. The van der Waals surface area contributed by atoms with Crippen LogP contribution in [0.25, 0.3) is 11.3 Å². The van der Waals surface area contributed by atoms with E-state index < -0.39 is 11.7 Å². The Morgan fingerprint density at radius 2 is 2.03 bits per heavy atom. The molecular weight excluding hydrogens is 409 g/mol. The molecule has 7 nitrogen and oxygen atoms in total. The minimum absolute atomic E-state index is 0.0550. The van der Waals surface area contributed by atoms with E-state index in [1.54, 1.807) is 9.58 Å². The summed E-state index contributed by atoms with van der Waals surface area (Å²) in [6.45, 7) is 1.18. The molecular formula is C21H23ClFN5O2. The van der Waals surface area contributed by atoms with E-state index in [1.165, 1.54) is 31.0 Å². The van der Waals surface area contributed by atoms with Crippen LogP contribution in [0.2, 0.25) is 5.02 Å². The topological polar surface area (TPSA) is 93.2 Å². The molecule has 0 unspecified atom stereocenters. The van der Waals surface area contributed by atoms with Gasteiger partial charge in [-0.15, -0.1) is 0 Å². The maximum absolute atomic E-state index is 13.6. The molecule has 30 heavy (non-hydrogen) atoms. The molecule has 2 bridgehead atoms. The molecule has 3 N–H and O–H groups in total. The Bertz CT molecular complexity index is 1040. The van der Waals surface area contributed by atoms with Crippen LogP contribution in [0.1, 0.15) is 48.2 Å². The lowest BCUT2D eigenvalue weighted by Gasteiger charge is -2.34. The molecule has 1 aromatic carbocycles. The minimum Gasteiger partial charge on any atom is -0.365 e. The van der Waals surface area contributed by atoms with Gasteiger partial charge in [0.1, 0.15) is 11.5 Å². The van der Waals surface area contributed by atoms with Gasteiger partial charge < -0.3 is 16.0 Å². The molecule has 1 aromatic heterocycles. The average molecular weight is 432 g/mol. The number of nitrogens with zero attached hydrogens (tertiary/aromatic N) is 3. The molecule has 0 spiro atoms. The highest BCUT2D eigenvalue weighted by atomic mass is 35.5. The molecule has 3 amide bonds. The van der Waals surface area contributed by atoms with E-state index in [-0.39, 0.29) is 28.7 Å². The Hall–Kier alpha value is -2.61. The number of rotatable bonds is 3. The number of carbonyl (C=O) groups is 2. The molecule has 158 valence electrons. The first kappa shape index (κ1) is 19.4. The molecule has 2 aliphatic carbocycles. The van der Waals surface area contributed by atoms with Crippen LogP contribution in [0.3, 0.4) is 0 Å². The highest BCUT2D eigenvalue weighted by molar-refractivity contribution is 6.31. The number of hydrogen-bond donors (Lipinski definition) is 2. The highest BCUT2D eigenvalue weighted by Crippen LogP contribution is 2.47. The van der Waals surface area contributed by atoms with Gasteiger partial charge in [0.15, 0.2) is 0 Å². The number of halogens is 2. The predicted molar refractivity (Wildman–Crippen MR) is 109 cm³/mol. The summed E-state index contributed by atoms with van der Waals surface area (Å²) >= 11 is 5.91. The molecule has 1 aliphatic heterocycles. The number of nitrogens with two attached hydrogens (primary N) is 1. The Labute approximate surface area is 178 Å². The summed E-state index contributed by atoms with van der Waals surface area (Å²) in [5.41, 5.74) is 7.31. The zero-order valence-corrected chi connectivity index (χ0v) is 17.2. The SMILES string of the molecule is NC(=O)c1c(-c2ccc(F)c(Cl)c2)nn2c1CN(C(=O)NC13CCC(CC1)C3)CC2. The third-order valence-electron chi connectivity index (χ3n) is 6.82. The molecule has 5 rings (SSSR count). The summed E-state index contributed by atoms with van der Waals surface area (Å²) in [6.07, 6.45) is 5.51. The number of amides is 3. The van der Waals surface area contributed by atoms with E-state index in [1.807, 2.05) is 0 Å². The van der Waals surface area contributed by atoms with E-state index >= 15 is 0 Å². The van der Waals surface area contributed by atoms with Crippen LogP contribution in [-0.2, 0) is 13.1 Å². The minimum atomic E-state index is -0.637. The van der Waals surface area contributed by atoms with Crippen LogP contribution in [0.15, 0.2) is 18.2 Å². The second-order valence-corrected chi connectivity index (χ2v) is 9.07. The molecule has 0 radical (unpaired) electrons. The van der Waals surface area contributed by atoms with Crippen molar-refractivity contribution < 1.29 is 14.0 Å². The first-order chi connectivity index (χ1) is 14.3. The molecule has 2 aromatic rings. The van der Waals surface area contributed by atoms with Gasteiger partial charge in [0.05, 0.1) is 29.4 Å². The number of primary amides is 1. The number of urea groups is 1. The van der Waals surface area contributed by atoms with Gasteiger partial charge in [-0.2, -0.15) is 5.10 Å². The lowest BCUT2D eigenvalue weighted by Crippen LogP contribution is -2.52. The predicted octanol–water partition coefficient (Wildman–Crippen LogP) is 3.30. The number of aromatic nitrogens is 2. The van der Waals surface area contributed by atoms with E-state index in [0.717, 1.165) is 25.2 Å². The lowest BCUT2D eigenvalue weighted by atomic mass is 9.94. The van der Waals surface area contributed by atoms with Crippen molar-refractivity contribution in [3.63, 3.8) is 0 Å². The summed E-state index contributed by atoms with van der Waals surface area (Å²) in [7, 11) is 0. The number of nitrogens with one attached hydrogen (secondary N) is 1. The monoisotopic (exact) mass is 431 g/mol. The van der Waals surface area contributed by atoms with E-state index in [0.29, 0.717) is 30.0 Å². The van der Waals surface area contributed by atoms with Crippen molar-refractivity contribution in [1.29, 1.82) is 0 Å². The number of hydrogen-bond acceptors (Lipinski definition) is 3. The Morgan fingerprint density at radius 3 is 2.67 bits per heavy atom. The number of benzene rings is 1. The van der Waals surface area contributed by atoms with Crippen LogP contribution in [0.4, 0.5) is 9.18 Å². The van der Waals surface area contributed by atoms with Crippen molar-refractivity contribution in [2.45, 2.75) is 50.7 Å². The van der Waals surface area contributed by atoms with Crippen LogP contribution in [0, 0.1) is 11.7 Å². The van der Waals surface area contributed by atoms with Gasteiger partial charge in [-0.1, -0.05) is 11.6 Å². The highest BCUT2D eigenvalue weighted by Gasteiger charge is 2.46. The van der Waals surface area contributed by atoms with E-state index in [4.69, 9.17) is 17.3 Å². The van der Waals surface area contributed by atoms with Gasteiger partial charge in [0.2, 0.25) is 0 Å². The third kappa shape index (κ3) is 3.14. The maximum Gasteiger partial charge on any atom is 0.318 e. The van der Waals surface area contributed by atoms with Crippen LogP contribution in [-0.4, -0.2) is 38.7 Å². The quantitative estimate of drug-likeness (QED) is 0.780. The third-order valence-corrected chi connectivity index (χ3v) is 7.11. The van der Waals surface area contributed by atoms with E-state index in [9.17, 15) is 14.0 Å². The van der Waals surface area contributed by atoms with Gasteiger partial charge in [-0.25, -0.2) is 9.18 Å². The molecule has 2 heterocycles. The Kier molecular flexibility index (Phi) is 4.50. The van der Waals surface area contributed by atoms with Gasteiger partial charge in [0, 0.05) is 17.6 Å². The number of carbonyl (C=O) groups excluding carboxylic acids is 2. The standard InChI is InChI=1S/C21H23ClFN5O2/c22-14-9-13(1-2-15(14)23)18-17(19(24)29)16-11-27(7-8-28(16)26-18)20(30)25-21-5-3-12(10-21)4-6-21/h1-2,9,12H,3-8,10-11H2,(H2,24,29)(H,25,30). The van der Waals surface area contributed by atoms with Gasteiger partial charge in [-0.05, 0) is 56.2 Å². The average Bonchev–Trinajstić information content (AvgIpc) is 3.41. The van der Waals surface area contributed by atoms with Gasteiger partial charge in [-0.3, -0.25) is 9.48 Å². The molecule has 3 aliphatic rings. The largest absolute Gasteiger partial charge is 0.365 e. The van der Waals surface area contributed by atoms with Crippen LogP contribution < -0.4 is 11.1 Å². The zero-order valence-electron chi connectivity index (χ0n) is 16.5. The van der Waals surface area contributed by atoms with Gasteiger partial charge in [0.25, 0.3) is 5.91 Å². The van der Waals surface area contributed by atoms with Crippen molar-refractivity contribution in [3.05, 3.63) is 40.3 Å². The second-order valence-electron chi connectivity index (χ2n) is 8.67. The smallest absolute Gasteiger partial charge is 0.318 e. The molecule has 0 atom stereocenters. The fourth-order valence-corrected chi connectivity index (χ4v) is 5.45. The van der Waals surface area contributed by atoms with Crippen molar-refractivity contribution in [2.24, 2.45) is 11.7 Å². The maximum atomic E-state index is 13.6. The summed E-state index contributed by atoms with van der Waals surface area (Å²) in [4.78, 5) is 27.0. The van der Waals surface area contributed by atoms with Crippen molar-refractivity contribution in [1.82, 2.24) is 20.0 Å². The normalized spacial score (nSPS) is 24.7. The van der Waals surface area contributed by atoms with E-state index in [2.05, 4.69) is 10.4 Å². The second kappa shape index (κ2) is 6.97. The van der Waals surface area contributed by atoms with Crippen LogP contribution >= 0.6 is 11.6 Å². The fourth-order valence-electron chi connectivity index (χ4n) is 5.27. The lowest BCUT2D eigenvalue weighted by molar-refractivity contribution is 0.0997. The summed E-state index contributed by atoms with van der Waals surface area (Å²) < 4.78 is 15.3. The number of fused-ring (bicyclic) bond motifs is 3. The summed E-state index contributed by atoms with van der Waals surface area (Å²) in [5, 5.41) is 7.74. The molecule has 2 saturated carbocycles. The summed E-state index contributed by atoms with van der Waals surface area (Å²) in [6, 6.07) is 4.07. The first-order valence-corrected chi connectivity index (χ1v) is 10.6. The van der Waals surface area contributed by atoms with Gasteiger partial charge >= 0.3 is 6.03 Å². The van der Waals surface area contributed by atoms with Crippen LogP contribution in [0.5, 0.6) is 0 Å². The molecule has 9 heteroatoms. The Balaban J connectivity index is 1.43. The summed E-state index contributed by atoms with van der Waals surface area (Å²) in [5.74, 6) is -0.449. The Morgan fingerprint density at radius 1 is 1.27 bits per heavy atom. The van der Waals surface area contributed by atoms with Crippen molar-refractivity contribution >= 4 is 23.5 Å². The zero-order chi connectivity index (χ0) is 21.0. The molecule has 0 saturated heterocycles. The first-order valence-electron chi connectivity index (χ1n) is 10.3. The van der Waals surface area contributed by atoms with Crippen molar-refractivity contribution in [2.75, 3.05) is 6.54 Å². The molecule has 2 fully saturated rings.